The third kappa shape index (κ3) is 3.65. The number of carbonyl (C=O) groups excluding carboxylic acids is 1. The van der Waals surface area contributed by atoms with E-state index in [2.05, 4.69) is 15.0 Å². The molecule has 0 atom stereocenters. The number of esters is 1. The van der Waals surface area contributed by atoms with Gasteiger partial charge in [0.05, 0.1) is 32.5 Å². The summed E-state index contributed by atoms with van der Waals surface area (Å²) < 4.78 is 25.0. The average Bonchev–Trinajstić information content (AvgIpc) is 3.10. The van der Waals surface area contributed by atoms with E-state index in [9.17, 15) is 9.18 Å². The molecule has 0 radical (unpaired) electrons. The van der Waals surface area contributed by atoms with Crippen molar-refractivity contribution in [3.8, 4) is 17.0 Å². The van der Waals surface area contributed by atoms with Gasteiger partial charge in [-0.25, -0.2) is 13.9 Å². The van der Waals surface area contributed by atoms with Gasteiger partial charge in [0.15, 0.2) is 0 Å². The summed E-state index contributed by atoms with van der Waals surface area (Å²) in [5, 5.41) is 8.18. The molecule has 0 spiro atoms. The molecule has 0 N–H and O–H groups in total. The molecule has 0 aliphatic rings. The van der Waals surface area contributed by atoms with E-state index in [1.807, 2.05) is 0 Å². The molecule has 0 aliphatic carbocycles. The Morgan fingerprint density at radius 2 is 1.92 bits per heavy atom. The minimum Gasteiger partial charge on any atom is -0.496 e. The van der Waals surface area contributed by atoms with Gasteiger partial charge in [-0.05, 0) is 30.3 Å². The van der Waals surface area contributed by atoms with Crippen LogP contribution in [0.1, 0.15) is 15.9 Å². The molecular weight excluding hydrogens is 325 g/mol. The van der Waals surface area contributed by atoms with E-state index in [1.54, 1.807) is 41.2 Å². The maximum absolute atomic E-state index is 13.5. The van der Waals surface area contributed by atoms with Crippen molar-refractivity contribution in [1.82, 2.24) is 15.0 Å². The number of hydrogen-bond donors (Lipinski definition) is 0. The SMILES string of the molecule is COC(=O)c1ccc(-c2cn(Cc3cc(F)ccc3OC)nn2)cc1. The van der Waals surface area contributed by atoms with Gasteiger partial charge in [-0.1, -0.05) is 17.3 Å². The Hall–Kier alpha value is -3.22. The number of halogens is 1. The fourth-order valence-electron chi connectivity index (χ4n) is 2.45. The van der Waals surface area contributed by atoms with Crippen molar-refractivity contribution in [2.75, 3.05) is 14.2 Å². The molecule has 3 aromatic rings. The highest BCUT2D eigenvalue weighted by atomic mass is 19.1. The monoisotopic (exact) mass is 341 g/mol. The number of nitrogens with zero attached hydrogens (tertiary/aromatic N) is 3. The van der Waals surface area contributed by atoms with Crippen LogP contribution in [0.15, 0.2) is 48.7 Å². The third-order valence-corrected chi connectivity index (χ3v) is 3.72. The smallest absolute Gasteiger partial charge is 0.337 e. The topological polar surface area (TPSA) is 66.2 Å². The molecule has 0 aliphatic heterocycles. The summed E-state index contributed by atoms with van der Waals surface area (Å²) in [7, 11) is 2.87. The van der Waals surface area contributed by atoms with Crippen molar-refractivity contribution in [3.05, 3.63) is 65.6 Å². The standard InChI is InChI=1S/C18H16FN3O3/c1-24-17-8-7-15(19)9-14(17)10-22-11-16(20-21-22)12-3-5-13(6-4-12)18(23)25-2/h3-9,11H,10H2,1-2H3. The van der Waals surface area contributed by atoms with Gasteiger partial charge in [0, 0.05) is 11.1 Å². The maximum atomic E-state index is 13.5. The lowest BCUT2D eigenvalue weighted by Gasteiger charge is -2.08. The lowest BCUT2D eigenvalue weighted by atomic mass is 10.1. The molecule has 0 fully saturated rings. The molecule has 0 saturated carbocycles. The average molecular weight is 341 g/mol. The van der Waals surface area contributed by atoms with Gasteiger partial charge in [0.25, 0.3) is 0 Å². The quantitative estimate of drug-likeness (QED) is 0.668. The number of carbonyl (C=O) groups is 1. The van der Waals surface area contributed by atoms with Crippen molar-refractivity contribution >= 4 is 5.97 Å². The van der Waals surface area contributed by atoms with Crippen LogP contribution in [0.3, 0.4) is 0 Å². The maximum Gasteiger partial charge on any atom is 0.337 e. The zero-order chi connectivity index (χ0) is 17.8. The Morgan fingerprint density at radius 1 is 1.16 bits per heavy atom. The van der Waals surface area contributed by atoms with E-state index in [0.717, 1.165) is 5.56 Å². The molecule has 7 heteroatoms. The predicted molar refractivity (Wildman–Crippen MR) is 88.9 cm³/mol. The van der Waals surface area contributed by atoms with Crippen LogP contribution < -0.4 is 4.74 Å². The van der Waals surface area contributed by atoms with Crippen LogP contribution in [0, 0.1) is 5.82 Å². The summed E-state index contributed by atoms with van der Waals surface area (Å²) in [6.07, 6.45) is 1.75. The van der Waals surface area contributed by atoms with Crippen molar-refractivity contribution in [3.63, 3.8) is 0 Å². The second-order valence-electron chi connectivity index (χ2n) is 5.33. The Balaban J connectivity index is 1.81. The minimum absolute atomic E-state index is 0.328. The number of hydrogen-bond acceptors (Lipinski definition) is 5. The molecule has 0 saturated heterocycles. The fraction of sp³-hybridized carbons (Fsp3) is 0.167. The number of aromatic nitrogens is 3. The Morgan fingerprint density at radius 3 is 2.60 bits per heavy atom. The van der Waals surface area contributed by atoms with Gasteiger partial charge in [0.2, 0.25) is 0 Å². The summed E-state index contributed by atoms with van der Waals surface area (Å²) >= 11 is 0. The molecule has 2 aromatic carbocycles. The molecule has 1 aromatic heterocycles. The van der Waals surface area contributed by atoms with E-state index >= 15 is 0 Å². The lowest BCUT2D eigenvalue weighted by Crippen LogP contribution is -2.03. The fourth-order valence-corrected chi connectivity index (χ4v) is 2.45. The Bertz CT molecular complexity index is 891. The van der Waals surface area contributed by atoms with E-state index in [4.69, 9.17) is 4.74 Å². The molecule has 25 heavy (non-hydrogen) atoms. The Kier molecular flexibility index (Phi) is 4.74. The van der Waals surface area contributed by atoms with Crippen LogP contribution in [0.2, 0.25) is 0 Å². The molecule has 128 valence electrons. The highest BCUT2D eigenvalue weighted by Crippen LogP contribution is 2.22. The first-order chi connectivity index (χ1) is 12.1. The summed E-state index contributed by atoms with van der Waals surface area (Å²) in [6.45, 7) is 0.328. The van der Waals surface area contributed by atoms with Gasteiger partial charge in [-0.2, -0.15) is 0 Å². The number of benzene rings is 2. The highest BCUT2D eigenvalue weighted by molar-refractivity contribution is 5.89. The van der Waals surface area contributed by atoms with Gasteiger partial charge in [-0.15, -0.1) is 5.10 Å². The summed E-state index contributed by atoms with van der Waals surface area (Å²) in [5.74, 6) is -0.149. The van der Waals surface area contributed by atoms with Crippen molar-refractivity contribution in [1.29, 1.82) is 0 Å². The summed E-state index contributed by atoms with van der Waals surface area (Å²) in [6, 6.07) is 11.2. The van der Waals surface area contributed by atoms with Crippen molar-refractivity contribution in [2.24, 2.45) is 0 Å². The molecule has 0 bridgehead atoms. The van der Waals surface area contributed by atoms with Gasteiger partial charge < -0.3 is 9.47 Å². The molecule has 0 unspecified atom stereocenters. The van der Waals surface area contributed by atoms with Gasteiger partial charge in [0.1, 0.15) is 17.3 Å². The predicted octanol–water partition coefficient (Wildman–Crippen LogP) is 2.93. The molecule has 0 amide bonds. The molecule has 3 rings (SSSR count). The largest absolute Gasteiger partial charge is 0.496 e. The number of rotatable bonds is 5. The lowest BCUT2D eigenvalue weighted by molar-refractivity contribution is 0.0601. The third-order valence-electron chi connectivity index (χ3n) is 3.72. The van der Waals surface area contributed by atoms with Crippen LogP contribution in [0.4, 0.5) is 4.39 Å². The van der Waals surface area contributed by atoms with Crippen LogP contribution in [0.5, 0.6) is 5.75 Å². The van der Waals surface area contributed by atoms with Gasteiger partial charge >= 0.3 is 5.97 Å². The second-order valence-corrected chi connectivity index (χ2v) is 5.33. The summed E-state index contributed by atoms with van der Waals surface area (Å²) in [5.41, 5.74) is 2.58. The van der Waals surface area contributed by atoms with Gasteiger partial charge in [-0.3, -0.25) is 0 Å². The van der Waals surface area contributed by atoms with Crippen LogP contribution in [0.25, 0.3) is 11.3 Å². The van der Waals surface area contributed by atoms with E-state index in [0.29, 0.717) is 29.1 Å². The van der Waals surface area contributed by atoms with Crippen LogP contribution >= 0.6 is 0 Å². The first kappa shape index (κ1) is 16.6. The second kappa shape index (κ2) is 7.12. The zero-order valence-corrected chi connectivity index (χ0v) is 13.8. The Labute approximate surface area is 143 Å². The number of ether oxygens (including phenoxy) is 2. The molecule has 6 nitrogen and oxygen atoms in total. The van der Waals surface area contributed by atoms with Crippen LogP contribution in [-0.4, -0.2) is 35.2 Å². The van der Waals surface area contributed by atoms with E-state index in [-0.39, 0.29) is 5.82 Å². The molecular formula is C18H16FN3O3. The summed E-state index contributed by atoms with van der Waals surface area (Å²) in [4.78, 5) is 11.5. The first-order valence-electron chi connectivity index (χ1n) is 7.52. The normalized spacial score (nSPS) is 10.5. The molecule has 1 heterocycles. The highest BCUT2D eigenvalue weighted by Gasteiger charge is 2.10. The van der Waals surface area contributed by atoms with E-state index in [1.165, 1.54) is 26.4 Å². The number of methoxy groups -OCH3 is 2. The van der Waals surface area contributed by atoms with Crippen molar-refractivity contribution < 1.29 is 18.7 Å². The first-order valence-corrected chi connectivity index (χ1v) is 7.52. The van der Waals surface area contributed by atoms with Crippen molar-refractivity contribution in [2.45, 2.75) is 6.54 Å². The zero-order valence-electron chi connectivity index (χ0n) is 13.8. The van der Waals surface area contributed by atoms with E-state index < -0.39 is 5.97 Å². The van der Waals surface area contributed by atoms with Crippen LogP contribution in [-0.2, 0) is 11.3 Å². The minimum atomic E-state index is -0.395.